The zero-order valence-electron chi connectivity index (χ0n) is 14.7. The van der Waals surface area contributed by atoms with Crippen molar-refractivity contribution in [2.24, 2.45) is 11.8 Å². The molecule has 6 nitrogen and oxygen atoms in total. The zero-order chi connectivity index (χ0) is 17.2. The number of carbonyl (C=O) groups is 1. The highest BCUT2D eigenvalue weighted by atomic mass is 16.4. The van der Waals surface area contributed by atoms with Gasteiger partial charge in [-0.15, -0.1) is 0 Å². The number of rotatable bonds is 6. The number of aromatic nitrogens is 1. The minimum absolute atomic E-state index is 0.0873. The van der Waals surface area contributed by atoms with E-state index < -0.39 is 0 Å². The molecule has 0 aromatic carbocycles. The fourth-order valence-electron chi connectivity index (χ4n) is 3.42. The summed E-state index contributed by atoms with van der Waals surface area (Å²) in [6.45, 7) is 5.28. The molecule has 0 spiro atoms. The Hall–Kier alpha value is -2.08. The van der Waals surface area contributed by atoms with Gasteiger partial charge in [-0.3, -0.25) is 9.69 Å². The number of furan rings is 1. The number of hydrogen-bond donors (Lipinski definition) is 1. The second kappa shape index (κ2) is 7.04. The van der Waals surface area contributed by atoms with Crippen molar-refractivity contribution in [3.8, 4) is 11.7 Å². The number of piperidine rings is 1. The van der Waals surface area contributed by atoms with Crippen LogP contribution in [0.15, 0.2) is 27.2 Å². The lowest BCUT2D eigenvalue weighted by molar-refractivity contribution is -0.126. The molecule has 1 aliphatic heterocycles. The van der Waals surface area contributed by atoms with Crippen molar-refractivity contribution >= 4 is 5.91 Å². The average molecular weight is 343 g/mol. The Balaban J connectivity index is 1.36. The molecular formula is C19H25N3O3. The Morgan fingerprint density at radius 3 is 3.04 bits per heavy atom. The smallest absolute Gasteiger partial charge is 0.263 e. The number of amides is 1. The van der Waals surface area contributed by atoms with Gasteiger partial charge in [-0.2, -0.15) is 0 Å². The third-order valence-electron chi connectivity index (χ3n) is 5.14. The van der Waals surface area contributed by atoms with E-state index in [0.29, 0.717) is 18.2 Å². The van der Waals surface area contributed by atoms with E-state index in [0.717, 1.165) is 49.8 Å². The van der Waals surface area contributed by atoms with Gasteiger partial charge in [0.2, 0.25) is 5.91 Å². The highest BCUT2D eigenvalue weighted by Gasteiger charge is 2.28. The lowest BCUT2D eigenvalue weighted by Crippen LogP contribution is -2.43. The first-order chi connectivity index (χ1) is 12.2. The summed E-state index contributed by atoms with van der Waals surface area (Å²) in [6.07, 6.45) is 6.16. The van der Waals surface area contributed by atoms with Crippen LogP contribution in [-0.2, 0) is 11.3 Å². The van der Waals surface area contributed by atoms with Gasteiger partial charge in [-0.1, -0.05) is 0 Å². The van der Waals surface area contributed by atoms with Crippen molar-refractivity contribution in [3.63, 3.8) is 0 Å². The summed E-state index contributed by atoms with van der Waals surface area (Å²) >= 11 is 0. The molecule has 134 valence electrons. The summed E-state index contributed by atoms with van der Waals surface area (Å²) in [5, 5.41) is 3.12. The maximum Gasteiger partial charge on any atom is 0.263 e. The SMILES string of the molecule is Cc1oc(-c2ccco2)nc1CN1CCCC(C(=O)NCC2CC2)C1. The molecule has 1 unspecified atom stereocenters. The molecule has 0 radical (unpaired) electrons. The minimum atomic E-state index is 0.0873. The van der Waals surface area contributed by atoms with Crippen molar-refractivity contribution < 1.29 is 13.6 Å². The van der Waals surface area contributed by atoms with E-state index in [1.54, 1.807) is 6.26 Å². The number of aryl methyl sites for hydroxylation is 1. The summed E-state index contributed by atoms with van der Waals surface area (Å²) in [4.78, 5) is 19.3. The lowest BCUT2D eigenvalue weighted by atomic mass is 9.97. The zero-order valence-corrected chi connectivity index (χ0v) is 14.7. The third-order valence-corrected chi connectivity index (χ3v) is 5.14. The molecule has 3 heterocycles. The van der Waals surface area contributed by atoms with Crippen molar-refractivity contribution in [2.45, 2.75) is 39.2 Å². The fraction of sp³-hybridized carbons (Fsp3) is 0.579. The summed E-state index contributed by atoms with van der Waals surface area (Å²) in [5.74, 6) is 3.00. The predicted molar refractivity (Wildman–Crippen MR) is 92.7 cm³/mol. The molecule has 2 aliphatic rings. The molecule has 1 aliphatic carbocycles. The summed E-state index contributed by atoms with van der Waals surface area (Å²) in [5.41, 5.74) is 0.922. The largest absolute Gasteiger partial charge is 0.459 e. The minimum Gasteiger partial charge on any atom is -0.459 e. The van der Waals surface area contributed by atoms with Crippen LogP contribution >= 0.6 is 0 Å². The topological polar surface area (TPSA) is 71.5 Å². The van der Waals surface area contributed by atoms with Crippen molar-refractivity contribution in [1.29, 1.82) is 0 Å². The van der Waals surface area contributed by atoms with Gasteiger partial charge in [-0.05, 0) is 57.2 Å². The molecule has 25 heavy (non-hydrogen) atoms. The second-order valence-electron chi connectivity index (χ2n) is 7.26. The standard InChI is InChI=1S/C19H25N3O3/c1-13-16(21-19(25-13)17-5-3-9-24-17)12-22-8-2-4-15(11-22)18(23)20-10-14-6-7-14/h3,5,9,14-15H,2,4,6-8,10-12H2,1H3,(H,20,23). The molecule has 1 N–H and O–H groups in total. The van der Waals surface area contributed by atoms with Gasteiger partial charge >= 0.3 is 0 Å². The van der Waals surface area contributed by atoms with Crippen LogP contribution in [0.3, 0.4) is 0 Å². The van der Waals surface area contributed by atoms with E-state index in [-0.39, 0.29) is 11.8 Å². The maximum atomic E-state index is 12.4. The van der Waals surface area contributed by atoms with Gasteiger partial charge in [0.25, 0.3) is 5.89 Å². The molecule has 0 bridgehead atoms. The third kappa shape index (κ3) is 3.95. The van der Waals surface area contributed by atoms with Crippen molar-refractivity contribution in [3.05, 3.63) is 29.9 Å². The highest BCUT2D eigenvalue weighted by molar-refractivity contribution is 5.79. The van der Waals surface area contributed by atoms with E-state index in [9.17, 15) is 4.79 Å². The Kier molecular flexibility index (Phi) is 4.61. The molecule has 1 amide bonds. The molecule has 4 rings (SSSR count). The summed E-state index contributed by atoms with van der Waals surface area (Å²) in [7, 11) is 0. The molecule has 2 fully saturated rings. The van der Waals surface area contributed by atoms with Crippen molar-refractivity contribution in [2.75, 3.05) is 19.6 Å². The van der Waals surface area contributed by atoms with E-state index in [2.05, 4.69) is 15.2 Å². The molecular weight excluding hydrogens is 318 g/mol. The van der Waals surface area contributed by atoms with Crippen LogP contribution in [0.4, 0.5) is 0 Å². The second-order valence-corrected chi connectivity index (χ2v) is 7.26. The van der Waals surface area contributed by atoms with Gasteiger partial charge in [0.05, 0.1) is 17.9 Å². The van der Waals surface area contributed by atoms with Crippen LogP contribution in [0.2, 0.25) is 0 Å². The quantitative estimate of drug-likeness (QED) is 0.873. The lowest BCUT2D eigenvalue weighted by Gasteiger charge is -2.31. The van der Waals surface area contributed by atoms with Gasteiger partial charge in [0, 0.05) is 19.6 Å². The maximum absolute atomic E-state index is 12.4. The molecule has 2 aromatic heterocycles. The Bertz CT molecular complexity index is 718. The number of carbonyl (C=O) groups excluding carboxylic acids is 1. The first-order valence-corrected chi connectivity index (χ1v) is 9.19. The Morgan fingerprint density at radius 2 is 2.28 bits per heavy atom. The number of hydrogen-bond acceptors (Lipinski definition) is 5. The molecule has 6 heteroatoms. The van der Waals surface area contributed by atoms with Crippen LogP contribution in [0.5, 0.6) is 0 Å². The molecule has 1 atom stereocenters. The molecule has 1 saturated heterocycles. The predicted octanol–water partition coefficient (Wildman–Crippen LogP) is 2.98. The normalized spacial score (nSPS) is 21.4. The first kappa shape index (κ1) is 16.4. The van der Waals surface area contributed by atoms with E-state index in [1.165, 1.54) is 12.8 Å². The fourth-order valence-corrected chi connectivity index (χ4v) is 3.42. The van der Waals surface area contributed by atoms with Crippen LogP contribution in [-0.4, -0.2) is 35.4 Å². The summed E-state index contributed by atoms with van der Waals surface area (Å²) < 4.78 is 11.1. The van der Waals surface area contributed by atoms with Gasteiger partial charge in [0.15, 0.2) is 5.76 Å². The van der Waals surface area contributed by atoms with Crippen LogP contribution in [0.25, 0.3) is 11.7 Å². The number of nitrogens with one attached hydrogen (secondary N) is 1. The van der Waals surface area contributed by atoms with E-state index in [4.69, 9.17) is 8.83 Å². The number of likely N-dealkylation sites (tertiary alicyclic amines) is 1. The first-order valence-electron chi connectivity index (χ1n) is 9.19. The Morgan fingerprint density at radius 1 is 1.40 bits per heavy atom. The summed E-state index contributed by atoms with van der Waals surface area (Å²) in [6, 6.07) is 3.67. The average Bonchev–Trinajstić information content (AvgIpc) is 3.14. The number of nitrogens with zero attached hydrogens (tertiary/aromatic N) is 2. The Labute approximate surface area is 147 Å². The van der Waals surface area contributed by atoms with Gasteiger partial charge in [-0.25, -0.2) is 4.98 Å². The van der Waals surface area contributed by atoms with Crippen LogP contribution < -0.4 is 5.32 Å². The van der Waals surface area contributed by atoms with E-state index >= 15 is 0 Å². The van der Waals surface area contributed by atoms with Gasteiger partial charge in [0.1, 0.15) is 5.76 Å². The van der Waals surface area contributed by atoms with Gasteiger partial charge < -0.3 is 14.2 Å². The number of oxazole rings is 1. The monoisotopic (exact) mass is 343 g/mol. The molecule has 2 aromatic rings. The molecule has 1 saturated carbocycles. The van der Waals surface area contributed by atoms with E-state index in [1.807, 2.05) is 19.1 Å². The van der Waals surface area contributed by atoms with Crippen LogP contribution in [0.1, 0.15) is 37.1 Å². The van der Waals surface area contributed by atoms with Crippen LogP contribution in [0, 0.1) is 18.8 Å². The highest BCUT2D eigenvalue weighted by Crippen LogP contribution is 2.28. The van der Waals surface area contributed by atoms with Crippen molar-refractivity contribution in [1.82, 2.24) is 15.2 Å².